The minimum Gasteiger partial charge on any atom is -0.454 e. The van der Waals surface area contributed by atoms with E-state index in [0.29, 0.717) is 22.4 Å². The van der Waals surface area contributed by atoms with Crippen LogP contribution in [-0.4, -0.2) is 29.5 Å². The Labute approximate surface area is 201 Å². The molecule has 0 radical (unpaired) electrons. The van der Waals surface area contributed by atoms with E-state index in [1.54, 1.807) is 12.1 Å². The van der Waals surface area contributed by atoms with Gasteiger partial charge in [-0.25, -0.2) is 4.99 Å². The summed E-state index contributed by atoms with van der Waals surface area (Å²) in [6, 6.07) is 22.3. The molecule has 5 rings (SSSR count). The monoisotopic (exact) mass is 471 g/mol. The van der Waals surface area contributed by atoms with Crippen molar-refractivity contribution in [3.63, 3.8) is 0 Å². The highest BCUT2D eigenvalue weighted by Crippen LogP contribution is 2.34. The van der Waals surface area contributed by atoms with Crippen LogP contribution in [0.3, 0.4) is 0 Å². The molecular formula is C26H21N3O4S. The number of aryl methyl sites for hydroxylation is 1. The summed E-state index contributed by atoms with van der Waals surface area (Å²) in [5, 5.41) is 3.36. The maximum Gasteiger partial charge on any atom is 0.283 e. The molecule has 3 aromatic carbocycles. The van der Waals surface area contributed by atoms with Crippen LogP contribution in [0.25, 0.3) is 6.08 Å². The summed E-state index contributed by atoms with van der Waals surface area (Å²) < 4.78 is 10.8. The van der Waals surface area contributed by atoms with E-state index < -0.39 is 0 Å². The highest BCUT2D eigenvalue weighted by Gasteiger charge is 2.32. The molecule has 34 heavy (non-hydrogen) atoms. The van der Waals surface area contributed by atoms with Gasteiger partial charge in [-0.2, -0.15) is 0 Å². The molecule has 0 saturated carbocycles. The van der Waals surface area contributed by atoms with Crippen molar-refractivity contribution < 1.29 is 19.1 Å². The Hall–Kier alpha value is -4.04. The lowest BCUT2D eigenvalue weighted by Crippen LogP contribution is -2.31. The van der Waals surface area contributed by atoms with Crippen LogP contribution in [0.2, 0.25) is 0 Å². The molecule has 1 N–H and O–H groups in total. The number of thioether (sulfide) groups is 1. The predicted molar refractivity (Wildman–Crippen MR) is 134 cm³/mol. The Morgan fingerprint density at radius 1 is 1.06 bits per heavy atom. The Morgan fingerprint density at radius 2 is 1.82 bits per heavy atom. The van der Waals surface area contributed by atoms with Crippen LogP contribution in [0.1, 0.15) is 11.1 Å². The number of hydrogen-bond donors (Lipinski definition) is 1. The first kappa shape index (κ1) is 21.8. The molecule has 0 spiro atoms. The van der Waals surface area contributed by atoms with Crippen molar-refractivity contribution in [1.29, 1.82) is 0 Å². The topological polar surface area (TPSA) is 80.2 Å². The summed E-state index contributed by atoms with van der Waals surface area (Å²) >= 11 is 1.22. The van der Waals surface area contributed by atoms with Gasteiger partial charge in [0.15, 0.2) is 16.7 Å². The van der Waals surface area contributed by atoms with Crippen LogP contribution >= 0.6 is 11.8 Å². The third-order valence-corrected chi connectivity index (χ3v) is 6.23. The number of benzene rings is 3. The molecule has 2 aliphatic rings. The molecule has 8 heteroatoms. The Bertz CT molecular complexity index is 1320. The first-order chi connectivity index (χ1) is 16.6. The van der Waals surface area contributed by atoms with Crippen LogP contribution < -0.4 is 19.7 Å². The van der Waals surface area contributed by atoms with E-state index in [2.05, 4.69) is 10.3 Å². The average molecular weight is 472 g/mol. The van der Waals surface area contributed by atoms with E-state index in [1.165, 1.54) is 16.7 Å². The fraction of sp³-hybridized carbons (Fsp3) is 0.115. The maximum atomic E-state index is 13.3. The van der Waals surface area contributed by atoms with Gasteiger partial charge in [0.2, 0.25) is 12.7 Å². The van der Waals surface area contributed by atoms with Gasteiger partial charge in [0, 0.05) is 5.69 Å². The SMILES string of the molecule is Cc1ccccc1NC(=O)CSC1=N/C(=C\c2ccc3c(c2)OCO3)C(=O)N1c1ccccc1. The molecule has 7 nitrogen and oxygen atoms in total. The molecule has 0 saturated heterocycles. The van der Waals surface area contributed by atoms with Gasteiger partial charge >= 0.3 is 0 Å². The number of anilines is 2. The summed E-state index contributed by atoms with van der Waals surface area (Å²) in [5.74, 6) is 0.985. The first-order valence-electron chi connectivity index (χ1n) is 10.7. The zero-order valence-electron chi connectivity index (χ0n) is 18.4. The largest absolute Gasteiger partial charge is 0.454 e. The molecule has 2 aliphatic heterocycles. The number of amides is 2. The van der Waals surface area contributed by atoms with E-state index in [4.69, 9.17) is 9.47 Å². The molecule has 2 amide bonds. The molecule has 0 atom stereocenters. The predicted octanol–water partition coefficient (Wildman–Crippen LogP) is 4.84. The summed E-state index contributed by atoms with van der Waals surface area (Å²) in [6.07, 6.45) is 1.71. The van der Waals surface area contributed by atoms with Crippen LogP contribution in [0.4, 0.5) is 11.4 Å². The normalized spacial score (nSPS) is 15.6. The van der Waals surface area contributed by atoms with Gasteiger partial charge < -0.3 is 14.8 Å². The number of carbonyl (C=O) groups excluding carboxylic acids is 2. The fourth-order valence-corrected chi connectivity index (χ4v) is 4.40. The quantitative estimate of drug-likeness (QED) is 0.539. The van der Waals surface area contributed by atoms with E-state index in [0.717, 1.165) is 16.8 Å². The van der Waals surface area contributed by atoms with Gasteiger partial charge in [0.1, 0.15) is 5.70 Å². The van der Waals surface area contributed by atoms with Crippen molar-refractivity contribution >= 4 is 46.2 Å². The number of rotatable bonds is 5. The van der Waals surface area contributed by atoms with Crippen LogP contribution in [0, 0.1) is 6.92 Å². The van der Waals surface area contributed by atoms with Crippen molar-refractivity contribution in [3.8, 4) is 11.5 Å². The number of amidine groups is 1. The highest BCUT2D eigenvalue weighted by atomic mass is 32.2. The van der Waals surface area contributed by atoms with E-state index in [-0.39, 0.29) is 30.1 Å². The van der Waals surface area contributed by atoms with Gasteiger partial charge in [0.25, 0.3) is 5.91 Å². The van der Waals surface area contributed by atoms with Gasteiger partial charge in [-0.05, 0) is 54.5 Å². The first-order valence-corrected chi connectivity index (χ1v) is 11.6. The Kier molecular flexibility index (Phi) is 6.05. The molecule has 0 aromatic heterocycles. The van der Waals surface area contributed by atoms with Crippen LogP contribution in [0.5, 0.6) is 11.5 Å². The van der Waals surface area contributed by atoms with Crippen molar-refractivity contribution in [2.75, 3.05) is 22.8 Å². The van der Waals surface area contributed by atoms with Crippen molar-refractivity contribution in [3.05, 3.63) is 89.6 Å². The summed E-state index contributed by atoms with van der Waals surface area (Å²) in [7, 11) is 0. The number of para-hydroxylation sites is 2. The zero-order valence-corrected chi connectivity index (χ0v) is 19.2. The second-order valence-electron chi connectivity index (χ2n) is 7.66. The van der Waals surface area contributed by atoms with E-state index in [9.17, 15) is 9.59 Å². The fourth-order valence-electron chi connectivity index (χ4n) is 3.59. The number of ether oxygens (including phenoxy) is 2. The van der Waals surface area contributed by atoms with Gasteiger partial charge in [-0.1, -0.05) is 54.2 Å². The summed E-state index contributed by atoms with van der Waals surface area (Å²) in [6.45, 7) is 2.12. The van der Waals surface area contributed by atoms with E-state index in [1.807, 2.05) is 73.7 Å². The highest BCUT2D eigenvalue weighted by molar-refractivity contribution is 8.14. The smallest absolute Gasteiger partial charge is 0.283 e. The molecule has 0 bridgehead atoms. The zero-order chi connectivity index (χ0) is 23.5. The standard InChI is InChI=1S/C26H21N3O4S/c1-17-7-5-6-10-20(17)27-24(30)15-34-26-28-21(25(31)29(26)19-8-3-2-4-9-19)13-18-11-12-22-23(14-18)33-16-32-22/h2-14H,15-16H2,1H3,(H,27,30)/b21-13-. The number of hydrogen-bond acceptors (Lipinski definition) is 6. The lowest BCUT2D eigenvalue weighted by Gasteiger charge is -2.17. The maximum absolute atomic E-state index is 13.3. The average Bonchev–Trinajstić information content (AvgIpc) is 3.44. The number of nitrogens with one attached hydrogen (secondary N) is 1. The molecular weight excluding hydrogens is 450 g/mol. The summed E-state index contributed by atoms with van der Waals surface area (Å²) in [4.78, 5) is 32.0. The van der Waals surface area contributed by atoms with Crippen molar-refractivity contribution in [2.24, 2.45) is 4.99 Å². The molecule has 0 aliphatic carbocycles. The molecule has 170 valence electrons. The van der Waals surface area contributed by atoms with Crippen molar-refractivity contribution in [1.82, 2.24) is 0 Å². The number of aliphatic imine (C=N–C) groups is 1. The third-order valence-electron chi connectivity index (χ3n) is 5.30. The summed E-state index contributed by atoms with van der Waals surface area (Å²) in [5.41, 5.74) is 3.49. The van der Waals surface area contributed by atoms with Gasteiger partial charge in [-0.15, -0.1) is 0 Å². The van der Waals surface area contributed by atoms with Gasteiger partial charge in [-0.3, -0.25) is 14.5 Å². The molecule has 0 unspecified atom stereocenters. The number of carbonyl (C=O) groups is 2. The Morgan fingerprint density at radius 3 is 2.65 bits per heavy atom. The minimum absolute atomic E-state index is 0.112. The molecule has 3 aromatic rings. The number of nitrogens with zero attached hydrogens (tertiary/aromatic N) is 2. The van der Waals surface area contributed by atoms with Crippen molar-refractivity contribution in [2.45, 2.75) is 6.92 Å². The molecule has 2 heterocycles. The molecule has 0 fully saturated rings. The lowest BCUT2D eigenvalue weighted by atomic mass is 10.1. The minimum atomic E-state index is -0.259. The van der Waals surface area contributed by atoms with E-state index >= 15 is 0 Å². The number of fused-ring (bicyclic) bond motifs is 1. The second-order valence-corrected chi connectivity index (χ2v) is 8.61. The second kappa shape index (κ2) is 9.44. The van der Waals surface area contributed by atoms with Crippen LogP contribution in [0.15, 0.2) is 83.5 Å². The third kappa shape index (κ3) is 4.53. The van der Waals surface area contributed by atoms with Crippen LogP contribution in [-0.2, 0) is 9.59 Å². The lowest BCUT2D eigenvalue weighted by molar-refractivity contribution is -0.114. The van der Waals surface area contributed by atoms with Gasteiger partial charge in [0.05, 0.1) is 11.4 Å². The Balaban J connectivity index is 1.38.